The van der Waals surface area contributed by atoms with E-state index in [4.69, 9.17) is 10.7 Å². The Morgan fingerprint density at radius 1 is 1.09 bits per heavy atom. The Bertz CT molecular complexity index is 1320. The van der Waals surface area contributed by atoms with Crippen LogP contribution in [-0.4, -0.2) is 37.4 Å². The number of nitrogens with two attached hydrogens (primary N) is 1. The molecule has 0 radical (unpaired) electrons. The van der Waals surface area contributed by atoms with Gasteiger partial charge in [0.15, 0.2) is 0 Å². The maximum atomic E-state index is 12.6. The van der Waals surface area contributed by atoms with Crippen molar-refractivity contribution in [1.82, 2.24) is 20.0 Å². The SMILES string of the molecule is Nc1ncc(-c2ccc(S(=O)(=O)NCC3CCC3)cc2)nc1-c1ccc2c(c1)CCNC2=O. The molecule has 2 aromatic carbocycles. The molecule has 1 aliphatic carbocycles. The van der Waals surface area contributed by atoms with Crippen molar-refractivity contribution in [2.45, 2.75) is 30.6 Å². The molecule has 1 fully saturated rings. The highest BCUT2D eigenvalue weighted by Gasteiger charge is 2.22. The van der Waals surface area contributed by atoms with E-state index in [2.05, 4.69) is 15.0 Å². The highest BCUT2D eigenvalue weighted by Crippen LogP contribution is 2.29. The molecule has 1 aliphatic heterocycles. The van der Waals surface area contributed by atoms with Crippen LogP contribution >= 0.6 is 0 Å². The van der Waals surface area contributed by atoms with E-state index < -0.39 is 10.0 Å². The second-order valence-electron chi connectivity index (χ2n) is 8.54. The quantitative estimate of drug-likeness (QED) is 0.516. The molecule has 0 bridgehead atoms. The minimum absolute atomic E-state index is 0.0761. The Morgan fingerprint density at radius 3 is 2.58 bits per heavy atom. The van der Waals surface area contributed by atoms with Crippen molar-refractivity contribution >= 4 is 21.7 Å². The van der Waals surface area contributed by atoms with E-state index in [1.807, 2.05) is 12.1 Å². The van der Waals surface area contributed by atoms with Crippen LogP contribution in [0, 0.1) is 5.92 Å². The van der Waals surface area contributed by atoms with E-state index in [1.54, 1.807) is 36.5 Å². The number of fused-ring (bicyclic) bond motifs is 1. The van der Waals surface area contributed by atoms with Crippen molar-refractivity contribution in [2.75, 3.05) is 18.8 Å². The zero-order valence-electron chi connectivity index (χ0n) is 18.0. The molecule has 1 amide bonds. The molecule has 3 aromatic rings. The zero-order valence-corrected chi connectivity index (χ0v) is 18.9. The summed E-state index contributed by atoms with van der Waals surface area (Å²) in [5, 5.41) is 2.83. The second kappa shape index (κ2) is 8.57. The van der Waals surface area contributed by atoms with Gasteiger partial charge in [-0.05, 0) is 55.0 Å². The van der Waals surface area contributed by atoms with Crippen LogP contribution in [-0.2, 0) is 16.4 Å². The van der Waals surface area contributed by atoms with Crippen molar-refractivity contribution in [1.29, 1.82) is 0 Å². The fourth-order valence-corrected chi connectivity index (χ4v) is 5.25. The van der Waals surface area contributed by atoms with Crippen LogP contribution in [0.5, 0.6) is 0 Å². The number of sulfonamides is 1. The van der Waals surface area contributed by atoms with Gasteiger partial charge in [-0.3, -0.25) is 4.79 Å². The number of aromatic nitrogens is 2. The van der Waals surface area contributed by atoms with Crippen molar-refractivity contribution < 1.29 is 13.2 Å². The van der Waals surface area contributed by atoms with Crippen molar-refractivity contribution in [2.24, 2.45) is 5.92 Å². The van der Waals surface area contributed by atoms with E-state index >= 15 is 0 Å². The van der Waals surface area contributed by atoms with E-state index in [-0.39, 0.29) is 10.8 Å². The van der Waals surface area contributed by atoms with Crippen LogP contribution in [0.3, 0.4) is 0 Å². The van der Waals surface area contributed by atoms with Gasteiger partial charge in [-0.25, -0.2) is 23.1 Å². The average Bonchev–Trinajstić information content (AvgIpc) is 2.78. The predicted molar refractivity (Wildman–Crippen MR) is 126 cm³/mol. The third-order valence-corrected chi connectivity index (χ3v) is 7.79. The first-order valence-corrected chi connectivity index (χ1v) is 12.5. The lowest BCUT2D eigenvalue weighted by Gasteiger charge is -2.25. The molecule has 1 aromatic heterocycles. The number of nitrogens with one attached hydrogen (secondary N) is 2. The molecule has 0 spiro atoms. The van der Waals surface area contributed by atoms with Gasteiger partial charge in [0.1, 0.15) is 11.5 Å². The summed E-state index contributed by atoms with van der Waals surface area (Å²) < 4.78 is 27.8. The Labute approximate surface area is 192 Å². The van der Waals surface area contributed by atoms with Gasteiger partial charge in [0, 0.05) is 29.8 Å². The van der Waals surface area contributed by atoms with Crippen LogP contribution < -0.4 is 15.8 Å². The summed E-state index contributed by atoms with van der Waals surface area (Å²) in [6.07, 6.45) is 5.65. The summed E-state index contributed by atoms with van der Waals surface area (Å²) in [5.41, 5.74) is 10.4. The number of rotatable bonds is 6. The highest BCUT2D eigenvalue weighted by atomic mass is 32.2. The molecule has 0 saturated heterocycles. The zero-order chi connectivity index (χ0) is 23.0. The van der Waals surface area contributed by atoms with Gasteiger partial charge in [0.25, 0.3) is 5.91 Å². The fourth-order valence-electron chi connectivity index (χ4n) is 4.14. The number of hydrogen-bond acceptors (Lipinski definition) is 6. The Kier molecular flexibility index (Phi) is 5.59. The van der Waals surface area contributed by atoms with Gasteiger partial charge in [-0.15, -0.1) is 0 Å². The van der Waals surface area contributed by atoms with Crippen molar-refractivity contribution in [3.05, 3.63) is 59.8 Å². The summed E-state index contributed by atoms with van der Waals surface area (Å²) >= 11 is 0. The van der Waals surface area contributed by atoms with Gasteiger partial charge in [-0.1, -0.05) is 24.6 Å². The number of carbonyl (C=O) groups is 1. The number of hydrogen-bond donors (Lipinski definition) is 3. The lowest BCUT2D eigenvalue weighted by molar-refractivity contribution is 0.0946. The molecule has 170 valence electrons. The monoisotopic (exact) mass is 463 g/mol. The number of carbonyl (C=O) groups excluding carboxylic acids is 1. The van der Waals surface area contributed by atoms with Crippen molar-refractivity contribution in [3.63, 3.8) is 0 Å². The lowest BCUT2D eigenvalue weighted by atomic mass is 9.86. The van der Waals surface area contributed by atoms with Gasteiger partial charge >= 0.3 is 0 Å². The van der Waals surface area contributed by atoms with Gasteiger partial charge in [0.05, 0.1) is 16.8 Å². The summed E-state index contributed by atoms with van der Waals surface area (Å²) in [7, 11) is -3.54. The topological polar surface area (TPSA) is 127 Å². The van der Waals surface area contributed by atoms with Gasteiger partial charge in [-0.2, -0.15) is 0 Å². The average molecular weight is 464 g/mol. The summed E-state index contributed by atoms with van der Waals surface area (Å²) in [6, 6.07) is 12.1. The molecule has 0 atom stereocenters. The van der Waals surface area contributed by atoms with Gasteiger partial charge in [0.2, 0.25) is 10.0 Å². The molecule has 2 aliphatic rings. The standard InChI is InChI=1S/C24H25N5O3S/c25-23-22(18-6-9-20-17(12-18)10-11-26-24(20)30)29-21(14-27-23)16-4-7-19(8-5-16)33(31,32)28-13-15-2-1-3-15/h4-9,12,14-15,28H,1-3,10-11,13H2,(H2,25,27)(H,26,30). The first-order valence-electron chi connectivity index (χ1n) is 11.0. The fraction of sp³-hybridized carbons (Fsp3) is 0.292. The maximum Gasteiger partial charge on any atom is 0.251 e. The normalized spacial score (nSPS) is 16.1. The summed E-state index contributed by atoms with van der Waals surface area (Å²) in [5.74, 6) is 0.659. The van der Waals surface area contributed by atoms with Crippen LogP contribution in [0.2, 0.25) is 0 Å². The first kappa shape index (κ1) is 21.5. The molecule has 9 heteroatoms. The molecule has 0 unspecified atom stereocenters. The smallest absolute Gasteiger partial charge is 0.251 e. The maximum absolute atomic E-state index is 12.6. The first-order chi connectivity index (χ1) is 15.9. The molecule has 33 heavy (non-hydrogen) atoms. The molecule has 4 N–H and O–H groups in total. The van der Waals surface area contributed by atoms with Crippen LogP contribution in [0.25, 0.3) is 22.5 Å². The van der Waals surface area contributed by atoms with Crippen molar-refractivity contribution in [3.8, 4) is 22.5 Å². The third-order valence-electron chi connectivity index (χ3n) is 6.35. The van der Waals surface area contributed by atoms with Crippen LogP contribution in [0.15, 0.2) is 53.6 Å². The predicted octanol–water partition coefficient (Wildman–Crippen LogP) is 2.76. The molecular weight excluding hydrogens is 438 g/mol. The summed E-state index contributed by atoms with van der Waals surface area (Å²) in [4.78, 5) is 21.2. The number of nitrogens with zero attached hydrogens (tertiary/aromatic N) is 2. The van der Waals surface area contributed by atoms with Gasteiger partial charge < -0.3 is 11.1 Å². The van der Waals surface area contributed by atoms with E-state index in [9.17, 15) is 13.2 Å². The number of nitrogen functional groups attached to an aromatic ring is 1. The third kappa shape index (κ3) is 4.34. The molecule has 1 saturated carbocycles. The second-order valence-corrected chi connectivity index (χ2v) is 10.3. The largest absolute Gasteiger partial charge is 0.382 e. The molecule has 8 nitrogen and oxygen atoms in total. The highest BCUT2D eigenvalue weighted by molar-refractivity contribution is 7.89. The molecule has 2 heterocycles. The van der Waals surface area contributed by atoms with Crippen LogP contribution in [0.1, 0.15) is 35.2 Å². The minimum Gasteiger partial charge on any atom is -0.382 e. The Balaban J connectivity index is 1.40. The van der Waals surface area contributed by atoms with E-state index in [0.717, 1.165) is 36.0 Å². The van der Waals surface area contributed by atoms with E-state index in [1.165, 1.54) is 6.42 Å². The number of anilines is 1. The molecule has 5 rings (SSSR count). The molecular formula is C24H25N5O3S. The Morgan fingerprint density at radius 2 is 1.85 bits per heavy atom. The summed E-state index contributed by atoms with van der Waals surface area (Å²) in [6.45, 7) is 1.08. The number of benzene rings is 2. The van der Waals surface area contributed by atoms with Crippen LogP contribution in [0.4, 0.5) is 5.82 Å². The number of amides is 1. The lowest BCUT2D eigenvalue weighted by Crippen LogP contribution is -2.32. The Hall–Kier alpha value is -3.30. The van der Waals surface area contributed by atoms with E-state index in [0.29, 0.717) is 41.8 Å². The minimum atomic E-state index is -3.54.